The number of aromatic nitrogens is 3. The number of nitrogens with zero attached hydrogens (tertiary/aromatic N) is 3. The lowest BCUT2D eigenvalue weighted by atomic mass is 10.2. The summed E-state index contributed by atoms with van der Waals surface area (Å²) < 4.78 is 20.2. The van der Waals surface area contributed by atoms with Gasteiger partial charge in [-0.25, -0.2) is 4.39 Å². The molecule has 0 saturated heterocycles. The van der Waals surface area contributed by atoms with E-state index in [9.17, 15) is 9.18 Å². The van der Waals surface area contributed by atoms with E-state index in [-0.39, 0.29) is 12.2 Å². The van der Waals surface area contributed by atoms with Crippen molar-refractivity contribution in [1.82, 2.24) is 20.3 Å². The predicted molar refractivity (Wildman–Crippen MR) is 73.3 cm³/mol. The molecule has 1 heterocycles. The number of ether oxygens (including phenoxy) is 1. The summed E-state index contributed by atoms with van der Waals surface area (Å²) in [5, 5.41) is 10.1. The van der Waals surface area contributed by atoms with Crippen LogP contribution in [0.2, 0.25) is 0 Å². The van der Waals surface area contributed by atoms with Gasteiger partial charge in [-0.2, -0.15) is 0 Å². The summed E-state index contributed by atoms with van der Waals surface area (Å²) in [7, 11) is 0. The third-order valence-corrected chi connectivity index (χ3v) is 2.66. The quantitative estimate of drug-likeness (QED) is 0.759. The first-order valence-electron chi connectivity index (χ1n) is 6.45. The van der Waals surface area contributed by atoms with Gasteiger partial charge in [0.15, 0.2) is 0 Å². The van der Waals surface area contributed by atoms with E-state index in [1.54, 1.807) is 17.1 Å². The van der Waals surface area contributed by atoms with E-state index in [2.05, 4.69) is 15.6 Å². The average molecular weight is 293 g/mol. The Morgan fingerprint density at radius 2 is 2.33 bits per heavy atom. The molecule has 0 aliphatic rings. The van der Waals surface area contributed by atoms with Crippen molar-refractivity contribution in [3.05, 3.63) is 42.0 Å². The largest absolute Gasteiger partial charge is 0.491 e. The van der Waals surface area contributed by atoms with Crippen LogP contribution in [0.4, 0.5) is 4.39 Å². The molecule has 0 radical (unpaired) electrons. The van der Waals surface area contributed by atoms with Gasteiger partial charge in [-0.15, -0.1) is 5.10 Å². The summed E-state index contributed by atoms with van der Waals surface area (Å²) in [5.74, 6) is -0.613. The number of rotatable bonds is 7. The molecule has 21 heavy (non-hydrogen) atoms. The van der Waals surface area contributed by atoms with Gasteiger partial charge in [0.1, 0.15) is 18.2 Å². The first-order valence-corrected chi connectivity index (χ1v) is 6.45. The molecule has 0 unspecified atom stereocenters. The Kier molecular flexibility index (Phi) is 5.22. The molecule has 0 aliphatic carbocycles. The summed E-state index contributed by atoms with van der Waals surface area (Å²) in [5.41, 5.74) is 5.49. The van der Waals surface area contributed by atoms with Crippen LogP contribution >= 0.6 is 0 Å². The van der Waals surface area contributed by atoms with Crippen molar-refractivity contribution < 1.29 is 13.9 Å². The topological polar surface area (TPSA) is 95.1 Å². The molecule has 1 aromatic heterocycles. The summed E-state index contributed by atoms with van der Waals surface area (Å²) in [4.78, 5) is 12.1. The lowest BCUT2D eigenvalue weighted by molar-refractivity contribution is 0.0947. The fraction of sp³-hybridized carbons (Fsp3) is 0.308. The normalized spacial score (nSPS) is 10.4. The van der Waals surface area contributed by atoms with Gasteiger partial charge in [0.25, 0.3) is 5.91 Å². The van der Waals surface area contributed by atoms with Gasteiger partial charge in [0, 0.05) is 19.3 Å². The molecule has 0 bridgehead atoms. The zero-order chi connectivity index (χ0) is 15.1. The number of carbonyl (C=O) groups is 1. The number of halogens is 1. The van der Waals surface area contributed by atoms with E-state index in [0.29, 0.717) is 25.4 Å². The molecule has 8 heteroatoms. The highest BCUT2D eigenvalue weighted by molar-refractivity contribution is 5.96. The van der Waals surface area contributed by atoms with Crippen LogP contribution in [0, 0.1) is 5.82 Å². The molecule has 2 aromatic rings. The molecule has 3 N–H and O–H groups in total. The Balaban J connectivity index is 1.98. The Morgan fingerprint density at radius 1 is 1.48 bits per heavy atom. The zero-order valence-electron chi connectivity index (χ0n) is 11.3. The van der Waals surface area contributed by atoms with Crippen LogP contribution in [0.3, 0.4) is 0 Å². The van der Waals surface area contributed by atoms with Crippen molar-refractivity contribution in [2.75, 3.05) is 19.7 Å². The second kappa shape index (κ2) is 7.34. The van der Waals surface area contributed by atoms with Gasteiger partial charge in [0.2, 0.25) is 0 Å². The molecule has 7 nitrogen and oxygen atoms in total. The smallest absolute Gasteiger partial charge is 0.255 e. The third-order valence-electron chi connectivity index (χ3n) is 2.66. The van der Waals surface area contributed by atoms with E-state index in [4.69, 9.17) is 10.5 Å². The lowest BCUT2D eigenvalue weighted by Gasteiger charge is -2.11. The van der Waals surface area contributed by atoms with Crippen molar-refractivity contribution in [2.45, 2.75) is 6.54 Å². The monoisotopic (exact) mass is 293 g/mol. The zero-order valence-corrected chi connectivity index (χ0v) is 11.3. The Morgan fingerprint density at radius 3 is 3.05 bits per heavy atom. The minimum Gasteiger partial charge on any atom is -0.491 e. The fourth-order valence-electron chi connectivity index (χ4n) is 1.71. The summed E-state index contributed by atoms with van der Waals surface area (Å²) in [6.07, 6.45) is 3.23. The highest BCUT2D eigenvalue weighted by Gasteiger charge is 2.13. The van der Waals surface area contributed by atoms with E-state index < -0.39 is 11.7 Å². The molecule has 1 aromatic carbocycles. The summed E-state index contributed by atoms with van der Waals surface area (Å²) in [6, 6.07) is 3.78. The Hall–Kier alpha value is -2.48. The number of carbonyl (C=O) groups excluding carboxylic acids is 1. The second-order valence-electron chi connectivity index (χ2n) is 4.20. The van der Waals surface area contributed by atoms with Crippen molar-refractivity contribution in [2.24, 2.45) is 5.73 Å². The van der Waals surface area contributed by atoms with Crippen LogP contribution in [-0.2, 0) is 6.54 Å². The third kappa shape index (κ3) is 4.25. The fourth-order valence-corrected chi connectivity index (χ4v) is 1.71. The molecule has 0 aliphatic heterocycles. The van der Waals surface area contributed by atoms with Crippen LogP contribution < -0.4 is 15.8 Å². The summed E-state index contributed by atoms with van der Waals surface area (Å²) in [6.45, 7) is 1.38. The van der Waals surface area contributed by atoms with Gasteiger partial charge in [-0.3, -0.25) is 9.48 Å². The average Bonchev–Trinajstić information content (AvgIpc) is 2.99. The van der Waals surface area contributed by atoms with E-state index in [1.165, 1.54) is 12.1 Å². The standard InChI is InChI=1S/C13H16FN5O2/c14-10-1-2-12(21-8-3-15)11(9-10)13(20)16-4-6-19-7-5-17-18-19/h1-2,5,7,9H,3-4,6,8,15H2,(H,16,20). The molecule has 2 rings (SSSR count). The number of nitrogens with one attached hydrogen (secondary N) is 1. The molecule has 1 amide bonds. The van der Waals surface area contributed by atoms with Gasteiger partial charge in [-0.1, -0.05) is 5.21 Å². The number of benzene rings is 1. The maximum Gasteiger partial charge on any atom is 0.255 e. The second-order valence-corrected chi connectivity index (χ2v) is 4.20. The molecular formula is C13H16FN5O2. The number of nitrogens with two attached hydrogens (primary N) is 1. The molecule has 0 atom stereocenters. The SMILES string of the molecule is NCCOc1ccc(F)cc1C(=O)NCCn1ccnn1. The number of hydrogen-bond acceptors (Lipinski definition) is 5. The van der Waals surface area contributed by atoms with Crippen LogP contribution in [0.25, 0.3) is 0 Å². The van der Waals surface area contributed by atoms with Gasteiger partial charge >= 0.3 is 0 Å². The first kappa shape index (κ1) is 14.9. The van der Waals surface area contributed by atoms with Crippen LogP contribution in [0.5, 0.6) is 5.75 Å². The van der Waals surface area contributed by atoms with E-state index in [0.717, 1.165) is 6.07 Å². The van der Waals surface area contributed by atoms with Crippen molar-refractivity contribution in [3.63, 3.8) is 0 Å². The number of amides is 1. The Bertz CT molecular complexity index is 588. The van der Waals surface area contributed by atoms with Gasteiger partial charge < -0.3 is 15.8 Å². The van der Waals surface area contributed by atoms with Crippen LogP contribution in [0.15, 0.2) is 30.6 Å². The molecular weight excluding hydrogens is 277 g/mol. The maximum absolute atomic E-state index is 13.3. The van der Waals surface area contributed by atoms with Gasteiger partial charge in [-0.05, 0) is 18.2 Å². The lowest BCUT2D eigenvalue weighted by Crippen LogP contribution is -2.28. The highest BCUT2D eigenvalue weighted by Crippen LogP contribution is 2.19. The first-order chi connectivity index (χ1) is 10.2. The van der Waals surface area contributed by atoms with Gasteiger partial charge in [0.05, 0.1) is 18.3 Å². The van der Waals surface area contributed by atoms with Crippen molar-refractivity contribution >= 4 is 5.91 Å². The van der Waals surface area contributed by atoms with Crippen LogP contribution in [-0.4, -0.2) is 40.6 Å². The number of hydrogen-bond donors (Lipinski definition) is 2. The molecule has 0 fully saturated rings. The van der Waals surface area contributed by atoms with Crippen molar-refractivity contribution in [3.8, 4) is 5.75 Å². The Labute approximate surface area is 120 Å². The van der Waals surface area contributed by atoms with E-state index >= 15 is 0 Å². The minimum atomic E-state index is -0.503. The van der Waals surface area contributed by atoms with E-state index in [1.807, 2.05) is 0 Å². The maximum atomic E-state index is 13.3. The van der Waals surface area contributed by atoms with Crippen LogP contribution in [0.1, 0.15) is 10.4 Å². The predicted octanol–water partition coefficient (Wildman–Crippen LogP) is 0.185. The summed E-state index contributed by atoms with van der Waals surface area (Å²) >= 11 is 0. The molecule has 0 spiro atoms. The van der Waals surface area contributed by atoms with Crippen molar-refractivity contribution in [1.29, 1.82) is 0 Å². The molecule has 112 valence electrons. The molecule has 0 saturated carbocycles. The highest BCUT2D eigenvalue weighted by atomic mass is 19.1. The minimum absolute atomic E-state index is 0.141.